The average Bonchev–Trinajstić information content (AvgIpc) is 2.77. The summed E-state index contributed by atoms with van der Waals surface area (Å²) < 4.78 is 5.37. The molecular weight excluding hydrogens is 394 g/mol. The van der Waals surface area contributed by atoms with E-state index >= 15 is 0 Å². The summed E-state index contributed by atoms with van der Waals surface area (Å²) in [6.07, 6.45) is 4.86. The molecule has 3 aromatic rings. The Kier molecular flexibility index (Phi) is 6.73. The Morgan fingerprint density at radius 1 is 1.26 bits per heavy atom. The number of nitrogens with two attached hydrogens (primary N) is 2. The van der Waals surface area contributed by atoms with Crippen LogP contribution in [-0.2, 0) is 10.3 Å². The molecule has 0 bridgehead atoms. The number of nitrogens with one attached hydrogen (secondary N) is 2. The molecule has 3 aromatic heterocycles. The molecule has 10 heteroatoms. The standard InChI is InChI=1S/C21H27N9O/c1-21(25-3,12-31-4)14-5-6-26-19(9-14)30-18-8-13-7-16(17(24-2)11-28-23)29-20(22)15(13)10-27-18/h5-11,25H,12,23H2,1-4H3,(H2,22,29)(H,26,27,30)/b24-17?,28-11-/t21-/m1/s1. The summed E-state index contributed by atoms with van der Waals surface area (Å²) in [5.41, 5.74) is 7.92. The van der Waals surface area contributed by atoms with Crippen LogP contribution in [0.1, 0.15) is 18.2 Å². The van der Waals surface area contributed by atoms with Crippen LogP contribution in [0.5, 0.6) is 0 Å². The molecule has 162 valence electrons. The summed E-state index contributed by atoms with van der Waals surface area (Å²) in [6, 6.07) is 7.67. The summed E-state index contributed by atoms with van der Waals surface area (Å²) >= 11 is 0. The van der Waals surface area contributed by atoms with Gasteiger partial charge in [0.25, 0.3) is 0 Å². The molecule has 0 aliphatic carbocycles. The maximum absolute atomic E-state index is 6.13. The van der Waals surface area contributed by atoms with Crippen molar-refractivity contribution in [3.63, 3.8) is 0 Å². The molecule has 10 nitrogen and oxygen atoms in total. The van der Waals surface area contributed by atoms with Crippen molar-refractivity contribution < 1.29 is 4.74 Å². The predicted octanol–water partition coefficient (Wildman–Crippen LogP) is 1.79. The van der Waals surface area contributed by atoms with Gasteiger partial charge in [-0.25, -0.2) is 15.0 Å². The minimum Gasteiger partial charge on any atom is -0.383 e. The van der Waals surface area contributed by atoms with Crippen LogP contribution in [0.3, 0.4) is 0 Å². The predicted molar refractivity (Wildman–Crippen MR) is 125 cm³/mol. The third-order valence-corrected chi connectivity index (χ3v) is 5.08. The molecule has 3 heterocycles. The second-order valence-electron chi connectivity index (χ2n) is 7.14. The number of nitrogens with zero attached hydrogens (tertiary/aromatic N) is 5. The normalized spacial score (nSPS) is 14.1. The van der Waals surface area contributed by atoms with Crippen LogP contribution in [0, 0.1) is 0 Å². The van der Waals surface area contributed by atoms with Crippen LogP contribution in [-0.4, -0.2) is 54.7 Å². The minimum atomic E-state index is -0.347. The van der Waals surface area contributed by atoms with Crippen molar-refractivity contribution in [1.29, 1.82) is 0 Å². The molecule has 0 fully saturated rings. The molecule has 6 N–H and O–H groups in total. The number of nitrogen functional groups attached to an aromatic ring is 1. The van der Waals surface area contributed by atoms with Crippen molar-refractivity contribution in [2.45, 2.75) is 12.5 Å². The van der Waals surface area contributed by atoms with Crippen molar-refractivity contribution in [2.75, 3.05) is 38.9 Å². The van der Waals surface area contributed by atoms with Gasteiger partial charge in [-0.3, -0.25) is 4.99 Å². The van der Waals surface area contributed by atoms with Crippen molar-refractivity contribution in [2.24, 2.45) is 15.9 Å². The van der Waals surface area contributed by atoms with Crippen LogP contribution < -0.4 is 22.2 Å². The molecule has 0 amide bonds. The van der Waals surface area contributed by atoms with E-state index in [0.717, 1.165) is 16.3 Å². The van der Waals surface area contributed by atoms with Gasteiger partial charge in [0.15, 0.2) is 0 Å². The Bertz CT molecular complexity index is 1130. The molecule has 3 rings (SSSR count). The minimum absolute atomic E-state index is 0.347. The smallest absolute Gasteiger partial charge is 0.133 e. The molecule has 0 saturated carbocycles. The highest BCUT2D eigenvalue weighted by Crippen LogP contribution is 2.26. The third kappa shape index (κ3) is 4.76. The first kappa shape index (κ1) is 22.1. The zero-order valence-corrected chi connectivity index (χ0v) is 18.0. The zero-order valence-electron chi connectivity index (χ0n) is 18.0. The number of methoxy groups -OCH3 is 1. The zero-order chi connectivity index (χ0) is 22.4. The maximum Gasteiger partial charge on any atom is 0.133 e. The third-order valence-electron chi connectivity index (χ3n) is 5.08. The van der Waals surface area contributed by atoms with Gasteiger partial charge in [-0.05, 0) is 49.2 Å². The van der Waals surface area contributed by atoms with Crippen molar-refractivity contribution >= 4 is 40.2 Å². The van der Waals surface area contributed by atoms with Crippen molar-refractivity contribution in [1.82, 2.24) is 20.3 Å². The number of likely N-dealkylation sites (N-methyl/N-ethyl adjacent to an activating group) is 1. The van der Waals surface area contributed by atoms with Gasteiger partial charge in [-0.15, -0.1) is 0 Å². The molecule has 0 spiro atoms. The lowest BCUT2D eigenvalue weighted by Crippen LogP contribution is -2.41. The largest absolute Gasteiger partial charge is 0.383 e. The second kappa shape index (κ2) is 9.45. The number of anilines is 3. The summed E-state index contributed by atoms with van der Waals surface area (Å²) in [5, 5.41) is 11.7. The number of aromatic nitrogens is 3. The van der Waals surface area contributed by atoms with Gasteiger partial charge in [0.05, 0.1) is 24.1 Å². The van der Waals surface area contributed by atoms with Gasteiger partial charge in [-0.1, -0.05) is 0 Å². The van der Waals surface area contributed by atoms with E-state index in [9.17, 15) is 0 Å². The first-order valence-corrected chi connectivity index (χ1v) is 9.62. The van der Waals surface area contributed by atoms with Crippen LogP contribution in [0.2, 0.25) is 0 Å². The van der Waals surface area contributed by atoms with E-state index in [0.29, 0.717) is 35.5 Å². The Morgan fingerprint density at radius 2 is 2.03 bits per heavy atom. The van der Waals surface area contributed by atoms with Crippen LogP contribution in [0.25, 0.3) is 10.8 Å². The van der Waals surface area contributed by atoms with Gasteiger partial charge >= 0.3 is 0 Å². The fourth-order valence-corrected chi connectivity index (χ4v) is 3.24. The number of rotatable bonds is 8. The van der Waals surface area contributed by atoms with Crippen molar-refractivity contribution in [3.8, 4) is 0 Å². The highest BCUT2D eigenvalue weighted by molar-refractivity contribution is 6.38. The number of pyridine rings is 3. The van der Waals surface area contributed by atoms with Crippen molar-refractivity contribution in [3.05, 3.63) is 47.9 Å². The lowest BCUT2D eigenvalue weighted by Gasteiger charge is -2.29. The molecule has 0 saturated heterocycles. The fraction of sp³-hybridized carbons (Fsp3) is 0.286. The van der Waals surface area contributed by atoms with E-state index in [2.05, 4.69) is 42.6 Å². The van der Waals surface area contributed by atoms with E-state index in [1.807, 2.05) is 31.3 Å². The SMILES string of the molecule is CN=C(/C=N\N)c1cc2cc(Nc3cc([C@@](C)(COC)NC)ccn3)ncc2c(N)n1. The number of hydrogen-bond donors (Lipinski definition) is 4. The Morgan fingerprint density at radius 3 is 2.71 bits per heavy atom. The van der Waals surface area contributed by atoms with E-state index in [-0.39, 0.29) is 5.54 Å². The topological polar surface area (TPSA) is 149 Å². The van der Waals surface area contributed by atoms with Crippen LogP contribution in [0.4, 0.5) is 17.5 Å². The van der Waals surface area contributed by atoms with Gasteiger partial charge in [0, 0.05) is 31.9 Å². The van der Waals surface area contributed by atoms with Gasteiger partial charge in [0.2, 0.25) is 0 Å². The van der Waals surface area contributed by atoms with E-state index < -0.39 is 0 Å². The summed E-state index contributed by atoms with van der Waals surface area (Å²) in [6.45, 7) is 2.59. The molecule has 0 unspecified atom stereocenters. The highest BCUT2D eigenvalue weighted by Gasteiger charge is 2.25. The average molecular weight is 422 g/mol. The molecule has 0 aromatic carbocycles. The summed E-state index contributed by atoms with van der Waals surface area (Å²) in [5.74, 6) is 6.90. The van der Waals surface area contributed by atoms with E-state index in [1.54, 1.807) is 26.6 Å². The van der Waals surface area contributed by atoms with E-state index in [4.69, 9.17) is 16.3 Å². The Hall–Kier alpha value is -3.63. The number of hydrazone groups is 1. The molecule has 0 radical (unpaired) electrons. The molecule has 0 aliphatic rings. The molecule has 1 atom stereocenters. The second-order valence-corrected chi connectivity index (χ2v) is 7.14. The highest BCUT2D eigenvalue weighted by atomic mass is 16.5. The number of hydrogen-bond acceptors (Lipinski definition) is 10. The number of fused-ring (bicyclic) bond motifs is 1. The Balaban J connectivity index is 1.96. The lowest BCUT2D eigenvalue weighted by atomic mass is 9.94. The Labute approximate surface area is 180 Å². The first-order chi connectivity index (χ1) is 14.9. The van der Waals surface area contributed by atoms with Gasteiger partial charge in [-0.2, -0.15) is 5.10 Å². The van der Waals surface area contributed by atoms with E-state index in [1.165, 1.54) is 6.21 Å². The van der Waals surface area contributed by atoms with Crippen LogP contribution >= 0.6 is 0 Å². The quantitative estimate of drug-likeness (QED) is 0.244. The summed E-state index contributed by atoms with van der Waals surface area (Å²) in [7, 11) is 5.22. The van der Waals surface area contributed by atoms with Crippen LogP contribution in [0.15, 0.2) is 46.8 Å². The molecular formula is C21H27N9O. The lowest BCUT2D eigenvalue weighted by molar-refractivity contribution is 0.123. The maximum atomic E-state index is 6.13. The summed E-state index contributed by atoms with van der Waals surface area (Å²) in [4.78, 5) is 17.4. The van der Waals surface area contributed by atoms with Gasteiger partial charge < -0.3 is 26.9 Å². The first-order valence-electron chi connectivity index (χ1n) is 9.62. The van der Waals surface area contributed by atoms with Gasteiger partial charge in [0.1, 0.15) is 23.2 Å². The number of ether oxygens (including phenoxy) is 1. The fourth-order valence-electron chi connectivity index (χ4n) is 3.24. The monoisotopic (exact) mass is 421 g/mol. The molecule has 0 aliphatic heterocycles. The molecule has 31 heavy (non-hydrogen) atoms. The number of aliphatic imine (C=N–C) groups is 1.